The van der Waals surface area contributed by atoms with Crippen LogP contribution in [0.3, 0.4) is 0 Å². The van der Waals surface area contributed by atoms with Crippen molar-refractivity contribution in [3.63, 3.8) is 0 Å². The molecule has 2 nitrogen and oxygen atoms in total. The van der Waals surface area contributed by atoms with E-state index in [1.54, 1.807) is 0 Å². The molecule has 0 aromatic carbocycles. The molecular formula is C18H40ClNO. The minimum atomic E-state index is 0. The third-order valence-electron chi connectivity index (χ3n) is 4.49. The van der Waals surface area contributed by atoms with E-state index in [1.807, 2.05) is 0 Å². The summed E-state index contributed by atoms with van der Waals surface area (Å²) in [7, 11) is 2.34. The van der Waals surface area contributed by atoms with Crippen molar-refractivity contribution >= 4 is 0 Å². The number of hydrogen-bond acceptors (Lipinski definition) is 1. The Morgan fingerprint density at radius 2 is 1.00 bits per heavy atom. The predicted molar refractivity (Wildman–Crippen MR) is 90.0 cm³/mol. The van der Waals surface area contributed by atoms with E-state index >= 15 is 0 Å². The topological polar surface area (TPSA) is 20.2 Å². The predicted octanol–water partition coefficient (Wildman–Crippen LogP) is 1.76. The Morgan fingerprint density at radius 1 is 0.619 bits per heavy atom. The van der Waals surface area contributed by atoms with Crippen molar-refractivity contribution in [2.24, 2.45) is 0 Å². The number of unbranched alkanes of at least 4 members (excludes halogenated alkanes) is 9. The van der Waals surface area contributed by atoms with E-state index in [9.17, 15) is 5.11 Å². The maximum Gasteiger partial charge on any atom is 0.102 e. The molecule has 0 aliphatic heterocycles. The smallest absolute Gasteiger partial charge is 0.102 e. The highest BCUT2D eigenvalue weighted by Gasteiger charge is 2.19. The van der Waals surface area contributed by atoms with Crippen molar-refractivity contribution in [1.29, 1.82) is 0 Å². The second kappa shape index (κ2) is 16.6. The number of rotatable bonds is 15. The molecule has 1 N–H and O–H groups in total. The Balaban J connectivity index is 0. The minimum Gasteiger partial charge on any atom is -1.00 e. The first kappa shape index (κ1) is 23.5. The minimum absolute atomic E-state index is 0. The lowest BCUT2D eigenvalue weighted by Crippen LogP contribution is -3.00. The molecule has 0 fully saturated rings. The summed E-state index contributed by atoms with van der Waals surface area (Å²) in [6, 6.07) is 0. The number of likely N-dealkylation sites (N-methyl/N-ethyl adjacent to an activating group) is 1. The van der Waals surface area contributed by atoms with Gasteiger partial charge in [0.25, 0.3) is 0 Å². The fraction of sp³-hybridized carbons (Fsp3) is 1.00. The lowest BCUT2D eigenvalue weighted by Gasteiger charge is -2.34. The van der Waals surface area contributed by atoms with Crippen molar-refractivity contribution in [3.05, 3.63) is 0 Å². The first-order chi connectivity index (χ1) is 9.68. The highest BCUT2D eigenvalue weighted by Crippen LogP contribution is 2.12. The van der Waals surface area contributed by atoms with Gasteiger partial charge >= 0.3 is 0 Å². The Morgan fingerprint density at radius 3 is 1.38 bits per heavy atom. The lowest BCUT2D eigenvalue weighted by atomic mass is 10.1. The quantitative estimate of drug-likeness (QED) is 0.360. The molecule has 0 bridgehead atoms. The molecule has 0 spiro atoms. The van der Waals surface area contributed by atoms with Crippen LogP contribution in [0.4, 0.5) is 0 Å². The fourth-order valence-corrected chi connectivity index (χ4v) is 2.95. The highest BCUT2D eigenvalue weighted by molar-refractivity contribution is 4.48. The van der Waals surface area contributed by atoms with Gasteiger partial charge in [-0.15, -0.1) is 0 Å². The van der Waals surface area contributed by atoms with Crippen LogP contribution >= 0.6 is 0 Å². The summed E-state index contributed by atoms with van der Waals surface area (Å²) < 4.78 is 1.08. The van der Waals surface area contributed by atoms with Gasteiger partial charge in [-0.05, 0) is 25.7 Å². The van der Waals surface area contributed by atoms with Crippen molar-refractivity contribution in [2.75, 3.05) is 33.3 Å². The SMILES string of the molecule is CCCCCCCC[N+](C)(CCO)CCCCCCC.[Cl-]. The second-order valence-electron chi connectivity index (χ2n) is 6.70. The molecule has 0 saturated carbocycles. The molecule has 0 aromatic rings. The molecule has 0 aliphatic rings. The van der Waals surface area contributed by atoms with E-state index in [4.69, 9.17) is 0 Å². The molecule has 0 amide bonds. The van der Waals surface area contributed by atoms with E-state index in [0.717, 1.165) is 11.0 Å². The van der Waals surface area contributed by atoms with Crippen molar-refractivity contribution in [3.8, 4) is 0 Å². The van der Waals surface area contributed by atoms with Gasteiger partial charge in [0.2, 0.25) is 0 Å². The van der Waals surface area contributed by atoms with Crippen LogP contribution in [-0.2, 0) is 0 Å². The van der Waals surface area contributed by atoms with Gasteiger partial charge in [-0.3, -0.25) is 0 Å². The summed E-state index contributed by atoms with van der Waals surface area (Å²) in [5.74, 6) is 0. The maximum absolute atomic E-state index is 9.30. The zero-order chi connectivity index (χ0) is 15.1. The summed E-state index contributed by atoms with van der Waals surface area (Å²) in [5, 5.41) is 9.30. The molecule has 0 aliphatic carbocycles. The van der Waals surface area contributed by atoms with Crippen LogP contribution in [0.1, 0.15) is 84.5 Å². The van der Waals surface area contributed by atoms with Gasteiger partial charge in [0.05, 0.1) is 26.7 Å². The molecule has 0 heterocycles. The second-order valence-corrected chi connectivity index (χ2v) is 6.70. The molecule has 3 heteroatoms. The summed E-state index contributed by atoms with van der Waals surface area (Å²) in [6.45, 7) is 8.31. The Labute approximate surface area is 140 Å². The third kappa shape index (κ3) is 14.9. The van der Waals surface area contributed by atoms with E-state index < -0.39 is 0 Å². The molecule has 0 radical (unpaired) electrons. The van der Waals surface area contributed by atoms with Crippen LogP contribution in [0, 0.1) is 0 Å². The maximum atomic E-state index is 9.30. The normalized spacial score (nSPS) is 13.7. The monoisotopic (exact) mass is 321 g/mol. The van der Waals surface area contributed by atoms with Gasteiger partial charge in [-0.1, -0.05) is 58.8 Å². The first-order valence-corrected chi connectivity index (χ1v) is 9.13. The Bertz CT molecular complexity index is 202. The Kier molecular flexibility index (Phi) is 18.5. The average Bonchev–Trinajstić information content (AvgIpc) is 2.43. The molecule has 1 atom stereocenters. The number of hydrogen-bond donors (Lipinski definition) is 1. The lowest BCUT2D eigenvalue weighted by molar-refractivity contribution is -0.910. The Hall–Kier alpha value is 0.210. The molecular weight excluding hydrogens is 282 g/mol. The van der Waals surface area contributed by atoms with Crippen LogP contribution in [0.2, 0.25) is 0 Å². The number of halogens is 1. The number of aliphatic hydroxyl groups is 1. The van der Waals surface area contributed by atoms with Gasteiger partial charge < -0.3 is 22.0 Å². The van der Waals surface area contributed by atoms with Gasteiger partial charge in [0.1, 0.15) is 6.54 Å². The zero-order valence-corrected chi connectivity index (χ0v) is 15.6. The van der Waals surface area contributed by atoms with Gasteiger partial charge in [0, 0.05) is 0 Å². The van der Waals surface area contributed by atoms with E-state index in [2.05, 4.69) is 20.9 Å². The van der Waals surface area contributed by atoms with Crippen molar-refractivity contribution in [1.82, 2.24) is 0 Å². The summed E-state index contributed by atoms with van der Waals surface area (Å²) >= 11 is 0. The average molecular weight is 322 g/mol. The molecule has 21 heavy (non-hydrogen) atoms. The molecule has 0 aromatic heterocycles. The number of quaternary nitrogens is 1. The van der Waals surface area contributed by atoms with Crippen LogP contribution < -0.4 is 12.4 Å². The van der Waals surface area contributed by atoms with Crippen LogP contribution in [0.5, 0.6) is 0 Å². The summed E-state index contributed by atoms with van der Waals surface area (Å²) in [6.07, 6.45) is 15.0. The van der Waals surface area contributed by atoms with E-state index in [1.165, 1.54) is 83.7 Å². The number of nitrogens with zero attached hydrogens (tertiary/aromatic N) is 1. The largest absolute Gasteiger partial charge is 1.00 e. The van der Waals surface area contributed by atoms with E-state index in [-0.39, 0.29) is 12.4 Å². The van der Waals surface area contributed by atoms with Gasteiger partial charge in [0.15, 0.2) is 0 Å². The zero-order valence-electron chi connectivity index (χ0n) is 14.9. The van der Waals surface area contributed by atoms with Crippen LogP contribution in [0.25, 0.3) is 0 Å². The van der Waals surface area contributed by atoms with Gasteiger partial charge in [-0.2, -0.15) is 0 Å². The summed E-state index contributed by atoms with van der Waals surface area (Å²) in [4.78, 5) is 0. The summed E-state index contributed by atoms with van der Waals surface area (Å²) in [5.41, 5.74) is 0. The van der Waals surface area contributed by atoms with Crippen LogP contribution in [-0.4, -0.2) is 42.9 Å². The number of aliphatic hydroxyl groups excluding tert-OH is 1. The fourth-order valence-electron chi connectivity index (χ4n) is 2.95. The molecule has 130 valence electrons. The molecule has 1 unspecified atom stereocenters. The first-order valence-electron chi connectivity index (χ1n) is 9.13. The van der Waals surface area contributed by atoms with Gasteiger partial charge in [-0.25, -0.2) is 0 Å². The molecule has 0 saturated heterocycles. The van der Waals surface area contributed by atoms with Crippen molar-refractivity contribution in [2.45, 2.75) is 84.5 Å². The van der Waals surface area contributed by atoms with Crippen molar-refractivity contribution < 1.29 is 22.0 Å². The third-order valence-corrected chi connectivity index (χ3v) is 4.49. The van der Waals surface area contributed by atoms with E-state index in [0.29, 0.717) is 6.61 Å². The highest BCUT2D eigenvalue weighted by atomic mass is 35.5. The molecule has 0 rings (SSSR count). The standard InChI is InChI=1S/C18H40NO.ClH/c1-4-6-8-10-12-14-16-19(3,17-18-20)15-13-11-9-7-5-2;/h20H,4-18H2,1-3H3;1H/q+1;/p-1. The van der Waals surface area contributed by atoms with Crippen LogP contribution in [0.15, 0.2) is 0 Å².